The highest BCUT2D eigenvalue weighted by Crippen LogP contribution is 2.44. The number of methoxy groups -OCH3 is 1. The van der Waals surface area contributed by atoms with Crippen molar-refractivity contribution in [3.63, 3.8) is 0 Å². The predicted molar refractivity (Wildman–Crippen MR) is 115 cm³/mol. The van der Waals surface area contributed by atoms with E-state index in [-0.39, 0.29) is 6.61 Å². The van der Waals surface area contributed by atoms with Gasteiger partial charge in [-0.3, -0.25) is 0 Å². The second kappa shape index (κ2) is 7.68. The largest absolute Gasteiger partial charge is 0.497 e. The van der Waals surface area contributed by atoms with Crippen LogP contribution in [-0.2, 0) is 6.42 Å². The molecule has 0 unspecified atom stereocenters. The molecule has 4 rings (SSSR count). The summed E-state index contributed by atoms with van der Waals surface area (Å²) in [5.74, 6) is 1.82. The third-order valence-corrected chi connectivity index (χ3v) is 5.47. The first-order valence-corrected chi connectivity index (χ1v) is 9.83. The average molecular weight is 377 g/mol. The number of hydrogen-bond donors (Lipinski definition) is 2. The summed E-state index contributed by atoms with van der Waals surface area (Å²) in [5, 5.41) is 13.8. The second-order valence-corrected chi connectivity index (χ2v) is 7.32. The SMILES string of the molecule is COc1ccc(N2CCc3c(NCCCO)nc4c(C)cccc4c32)c(C)c1. The predicted octanol–water partition coefficient (Wildman–Crippen LogP) is 4.35. The Kier molecular flexibility index (Phi) is 5.09. The van der Waals surface area contributed by atoms with E-state index in [9.17, 15) is 0 Å². The maximum absolute atomic E-state index is 9.14. The van der Waals surface area contributed by atoms with Crippen LogP contribution in [0.4, 0.5) is 17.2 Å². The van der Waals surface area contributed by atoms with Gasteiger partial charge in [0.2, 0.25) is 0 Å². The lowest BCUT2D eigenvalue weighted by Gasteiger charge is -2.24. The topological polar surface area (TPSA) is 57.6 Å². The molecule has 2 N–H and O–H groups in total. The van der Waals surface area contributed by atoms with Crippen molar-refractivity contribution in [2.75, 3.05) is 37.0 Å². The molecular weight excluding hydrogens is 350 g/mol. The van der Waals surface area contributed by atoms with Gasteiger partial charge in [-0.25, -0.2) is 4.98 Å². The summed E-state index contributed by atoms with van der Waals surface area (Å²) in [4.78, 5) is 7.36. The van der Waals surface area contributed by atoms with Crippen molar-refractivity contribution in [2.45, 2.75) is 26.7 Å². The Morgan fingerprint density at radius 1 is 1.18 bits per heavy atom. The van der Waals surface area contributed by atoms with Gasteiger partial charge in [0.1, 0.15) is 11.6 Å². The van der Waals surface area contributed by atoms with Gasteiger partial charge in [-0.15, -0.1) is 0 Å². The number of para-hydroxylation sites is 1. The normalized spacial score (nSPS) is 13.1. The molecule has 2 heterocycles. The summed E-state index contributed by atoms with van der Waals surface area (Å²) in [5.41, 5.74) is 7.10. The Bertz CT molecular complexity index is 1020. The number of aryl methyl sites for hydroxylation is 2. The van der Waals surface area contributed by atoms with Crippen LogP contribution in [-0.4, -0.2) is 36.9 Å². The van der Waals surface area contributed by atoms with Gasteiger partial charge in [0.05, 0.1) is 18.3 Å². The van der Waals surface area contributed by atoms with Gasteiger partial charge in [0.25, 0.3) is 0 Å². The Balaban J connectivity index is 1.87. The molecule has 0 atom stereocenters. The summed E-state index contributed by atoms with van der Waals surface area (Å²) in [6, 6.07) is 12.6. The molecule has 0 saturated carbocycles. The lowest BCUT2D eigenvalue weighted by molar-refractivity contribution is 0.292. The van der Waals surface area contributed by atoms with E-state index >= 15 is 0 Å². The number of pyridine rings is 1. The highest BCUT2D eigenvalue weighted by molar-refractivity contribution is 6.00. The van der Waals surface area contributed by atoms with Crippen LogP contribution >= 0.6 is 0 Å². The maximum atomic E-state index is 9.14. The zero-order chi connectivity index (χ0) is 19.7. The minimum Gasteiger partial charge on any atom is -0.497 e. The van der Waals surface area contributed by atoms with Gasteiger partial charge in [0, 0.05) is 36.3 Å². The molecule has 2 aromatic carbocycles. The number of rotatable bonds is 6. The van der Waals surface area contributed by atoms with Gasteiger partial charge < -0.3 is 20.1 Å². The fourth-order valence-electron chi connectivity index (χ4n) is 4.06. The minimum atomic E-state index is 0.180. The fourth-order valence-corrected chi connectivity index (χ4v) is 4.06. The monoisotopic (exact) mass is 377 g/mol. The number of benzene rings is 2. The van der Waals surface area contributed by atoms with Crippen LogP contribution in [0.25, 0.3) is 10.9 Å². The molecule has 1 aliphatic rings. The Morgan fingerprint density at radius 3 is 2.79 bits per heavy atom. The van der Waals surface area contributed by atoms with Gasteiger partial charge in [-0.2, -0.15) is 0 Å². The number of anilines is 3. The van der Waals surface area contributed by atoms with Crippen molar-refractivity contribution in [3.8, 4) is 5.75 Å². The molecule has 5 nitrogen and oxygen atoms in total. The Morgan fingerprint density at radius 2 is 2.04 bits per heavy atom. The van der Waals surface area contributed by atoms with E-state index < -0.39 is 0 Å². The van der Waals surface area contributed by atoms with Crippen LogP contribution in [0.15, 0.2) is 36.4 Å². The molecule has 146 valence electrons. The highest BCUT2D eigenvalue weighted by Gasteiger charge is 2.28. The molecule has 3 aromatic rings. The number of ether oxygens (including phenoxy) is 1. The molecule has 0 radical (unpaired) electrons. The van der Waals surface area contributed by atoms with Crippen LogP contribution in [0, 0.1) is 13.8 Å². The molecule has 0 saturated heterocycles. The van der Waals surface area contributed by atoms with Crippen molar-refractivity contribution in [1.82, 2.24) is 4.98 Å². The zero-order valence-electron chi connectivity index (χ0n) is 16.7. The molecule has 5 heteroatoms. The minimum absolute atomic E-state index is 0.180. The van der Waals surface area contributed by atoms with Crippen LogP contribution in [0.1, 0.15) is 23.1 Å². The van der Waals surface area contributed by atoms with Crippen molar-refractivity contribution >= 4 is 28.1 Å². The van der Waals surface area contributed by atoms with E-state index in [1.165, 1.54) is 33.5 Å². The molecule has 0 fully saturated rings. The molecule has 0 bridgehead atoms. The summed E-state index contributed by atoms with van der Waals surface area (Å²) in [7, 11) is 1.70. The zero-order valence-corrected chi connectivity index (χ0v) is 16.7. The molecule has 0 aliphatic carbocycles. The molecule has 0 spiro atoms. The summed E-state index contributed by atoms with van der Waals surface area (Å²) in [6.07, 6.45) is 1.66. The highest BCUT2D eigenvalue weighted by atomic mass is 16.5. The third-order valence-electron chi connectivity index (χ3n) is 5.47. The standard InChI is InChI=1S/C23H27N3O2/c1-15-6-4-7-18-21(15)25-23(24-11-5-13-27)19-10-12-26(22(18)19)20-9-8-17(28-3)14-16(20)2/h4,6-9,14,27H,5,10-13H2,1-3H3,(H,24,25). The molecule has 28 heavy (non-hydrogen) atoms. The van der Waals surface area contributed by atoms with Gasteiger partial charge in [-0.1, -0.05) is 18.2 Å². The van der Waals surface area contributed by atoms with E-state index in [1.807, 2.05) is 6.07 Å². The van der Waals surface area contributed by atoms with Crippen molar-refractivity contribution in [3.05, 3.63) is 53.1 Å². The molecular formula is C23H27N3O2. The third kappa shape index (κ3) is 3.16. The van der Waals surface area contributed by atoms with Crippen LogP contribution in [0.2, 0.25) is 0 Å². The van der Waals surface area contributed by atoms with Crippen molar-refractivity contribution in [1.29, 1.82) is 0 Å². The second-order valence-electron chi connectivity index (χ2n) is 7.32. The number of aliphatic hydroxyl groups is 1. The number of aliphatic hydroxyl groups excluding tert-OH is 1. The quantitative estimate of drug-likeness (QED) is 0.626. The first-order chi connectivity index (χ1) is 13.6. The lowest BCUT2D eigenvalue weighted by atomic mass is 10.0. The average Bonchev–Trinajstić information content (AvgIpc) is 3.14. The summed E-state index contributed by atoms with van der Waals surface area (Å²) >= 11 is 0. The molecule has 1 aliphatic heterocycles. The van der Waals surface area contributed by atoms with E-state index in [0.29, 0.717) is 6.42 Å². The fraction of sp³-hybridized carbons (Fsp3) is 0.348. The van der Waals surface area contributed by atoms with E-state index in [4.69, 9.17) is 14.8 Å². The van der Waals surface area contributed by atoms with E-state index in [1.54, 1.807) is 7.11 Å². The van der Waals surface area contributed by atoms with Gasteiger partial charge in [-0.05, 0) is 56.0 Å². The molecule has 1 aromatic heterocycles. The number of aromatic nitrogens is 1. The van der Waals surface area contributed by atoms with Gasteiger partial charge >= 0.3 is 0 Å². The first kappa shape index (κ1) is 18.6. The first-order valence-electron chi connectivity index (χ1n) is 9.83. The Labute approximate surface area is 166 Å². The molecule has 0 amide bonds. The van der Waals surface area contributed by atoms with Gasteiger partial charge in [0.15, 0.2) is 0 Å². The lowest BCUT2D eigenvalue weighted by Crippen LogP contribution is -2.15. The van der Waals surface area contributed by atoms with Crippen LogP contribution < -0.4 is 15.0 Å². The number of hydrogen-bond acceptors (Lipinski definition) is 5. The van der Waals surface area contributed by atoms with E-state index in [2.05, 4.69) is 54.4 Å². The number of fused-ring (bicyclic) bond motifs is 3. The Hall–Kier alpha value is -2.79. The number of nitrogens with zero attached hydrogens (tertiary/aromatic N) is 2. The van der Waals surface area contributed by atoms with Crippen LogP contribution in [0.3, 0.4) is 0 Å². The van der Waals surface area contributed by atoms with Crippen LogP contribution in [0.5, 0.6) is 5.75 Å². The van der Waals surface area contributed by atoms with Crippen molar-refractivity contribution < 1.29 is 9.84 Å². The smallest absolute Gasteiger partial charge is 0.132 e. The number of nitrogens with one attached hydrogen (secondary N) is 1. The van der Waals surface area contributed by atoms with Crippen molar-refractivity contribution in [2.24, 2.45) is 0 Å². The maximum Gasteiger partial charge on any atom is 0.132 e. The summed E-state index contributed by atoms with van der Waals surface area (Å²) < 4.78 is 5.38. The summed E-state index contributed by atoms with van der Waals surface area (Å²) in [6.45, 7) is 6.06. The van der Waals surface area contributed by atoms with E-state index in [0.717, 1.165) is 36.6 Å².